The van der Waals surface area contributed by atoms with Gasteiger partial charge in [-0.15, -0.1) is 0 Å². The molecule has 0 atom stereocenters. The van der Waals surface area contributed by atoms with Crippen molar-refractivity contribution in [1.29, 1.82) is 0 Å². The van der Waals surface area contributed by atoms with Gasteiger partial charge in [0.25, 0.3) is 5.91 Å². The average molecular weight is 269 g/mol. The van der Waals surface area contributed by atoms with Crippen molar-refractivity contribution in [2.24, 2.45) is 0 Å². The highest BCUT2D eigenvalue weighted by Crippen LogP contribution is 2.22. The van der Waals surface area contributed by atoms with Gasteiger partial charge in [-0.05, 0) is 24.3 Å². The number of hydrogen-bond donors (Lipinski definition) is 2. The predicted molar refractivity (Wildman–Crippen MR) is 77.2 cm³/mol. The van der Waals surface area contributed by atoms with Crippen LogP contribution in [0, 0.1) is 0 Å². The summed E-state index contributed by atoms with van der Waals surface area (Å²) in [4.78, 5) is 17.2. The molecule has 3 aromatic rings. The smallest absolute Gasteiger partial charge is 0.256 e. The Labute approximate surface area is 116 Å². The first-order chi connectivity index (χ1) is 9.65. The highest BCUT2D eigenvalue weighted by molar-refractivity contribution is 6.07. The summed E-state index contributed by atoms with van der Waals surface area (Å²) < 4.78 is 5.01. The second-order valence-corrected chi connectivity index (χ2v) is 4.80. The van der Waals surface area contributed by atoms with Gasteiger partial charge in [-0.1, -0.05) is 0 Å². The number of rotatable bonds is 3. The molecule has 2 heterocycles. The highest BCUT2D eigenvalue weighted by atomic mass is 16.3. The summed E-state index contributed by atoms with van der Waals surface area (Å²) >= 11 is 0. The number of nitrogen functional groups attached to an aromatic ring is 1. The zero-order valence-corrected chi connectivity index (χ0v) is 11.1. The molecule has 0 aliphatic heterocycles. The van der Waals surface area contributed by atoms with Gasteiger partial charge in [0.05, 0.1) is 18.1 Å². The first kappa shape index (κ1) is 12.3. The van der Waals surface area contributed by atoms with Crippen molar-refractivity contribution >= 4 is 22.5 Å². The van der Waals surface area contributed by atoms with Crippen molar-refractivity contribution in [2.75, 3.05) is 12.8 Å². The third kappa shape index (κ3) is 2.14. The summed E-state index contributed by atoms with van der Waals surface area (Å²) in [6, 6.07) is 7.33. The number of benzene rings is 1. The fraction of sp³-hybridized carbons (Fsp3) is 0.133. The van der Waals surface area contributed by atoms with Crippen LogP contribution in [0.2, 0.25) is 0 Å². The van der Waals surface area contributed by atoms with Gasteiger partial charge in [0.1, 0.15) is 0 Å². The van der Waals surface area contributed by atoms with Gasteiger partial charge in [0.15, 0.2) is 0 Å². The molecule has 3 rings (SSSR count). The Hall–Kier alpha value is -2.69. The lowest BCUT2D eigenvalue weighted by atomic mass is 10.1. The third-order valence-electron chi connectivity index (χ3n) is 3.28. The normalized spacial score (nSPS) is 10.8. The number of amides is 1. The van der Waals surface area contributed by atoms with Gasteiger partial charge in [-0.25, -0.2) is 0 Å². The summed E-state index contributed by atoms with van der Waals surface area (Å²) in [6.07, 6.45) is 4.95. The van der Waals surface area contributed by atoms with E-state index in [0.717, 1.165) is 16.5 Å². The molecule has 102 valence electrons. The first-order valence-electron chi connectivity index (χ1n) is 6.28. The van der Waals surface area contributed by atoms with Gasteiger partial charge >= 0.3 is 0 Å². The van der Waals surface area contributed by atoms with Crippen molar-refractivity contribution in [3.63, 3.8) is 0 Å². The molecule has 0 aliphatic carbocycles. The van der Waals surface area contributed by atoms with E-state index in [0.29, 0.717) is 17.8 Å². The van der Waals surface area contributed by atoms with Crippen LogP contribution in [0.4, 0.5) is 5.69 Å². The molecular weight excluding hydrogens is 254 g/mol. The van der Waals surface area contributed by atoms with E-state index in [4.69, 9.17) is 10.2 Å². The van der Waals surface area contributed by atoms with Gasteiger partial charge in [0, 0.05) is 41.9 Å². The van der Waals surface area contributed by atoms with Gasteiger partial charge in [-0.3, -0.25) is 4.79 Å². The van der Waals surface area contributed by atoms with E-state index in [2.05, 4.69) is 4.98 Å². The third-order valence-corrected chi connectivity index (χ3v) is 3.28. The van der Waals surface area contributed by atoms with Crippen LogP contribution in [0.1, 0.15) is 15.9 Å². The Morgan fingerprint density at radius 3 is 3.00 bits per heavy atom. The van der Waals surface area contributed by atoms with E-state index in [1.54, 1.807) is 30.7 Å². The topological polar surface area (TPSA) is 75.3 Å². The molecule has 1 amide bonds. The summed E-state index contributed by atoms with van der Waals surface area (Å²) in [6.45, 7) is 0.504. The van der Waals surface area contributed by atoms with Gasteiger partial charge in [0.2, 0.25) is 0 Å². The summed E-state index contributed by atoms with van der Waals surface area (Å²) in [7, 11) is 1.76. The number of anilines is 1. The number of nitrogens with two attached hydrogens (primary N) is 1. The Balaban J connectivity index is 1.90. The molecule has 0 saturated carbocycles. The number of nitrogens with zero attached hydrogens (tertiary/aromatic N) is 1. The Morgan fingerprint density at radius 1 is 1.40 bits per heavy atom. The van der Waals surface area contributed by atoms with Crippen LogP contribution in [0.15, 0.2) is 47.4 Å². The van der Waals surface area contributed by atoms with Crippen LogP contribution in [0.25, 0.3) is 10.9 Å². The number of carbonyl (C=O) groups excluding carboxylic acids is 1. The zero-order valence-electron chi connectivity index (χ0n) is 11.1. The molecule has 0 spiro atoms. The van der Waals surface area contributed by atoms with Gasteiger partial charge in [-0.2, -0.15) is 0 Å². The van der Waals surface area contributed by atoms with Crippen LogP contribution in [0.5, 0.6) is 0 Å². The highest BCUT2D eigenvalue weighted by Gasteiger charge is 2.16. The summed E-state index contributed by atoms with van der Waals surface area (Å²) in [5.74, 6) is -0.0527. The summed E-state index contributed by atoms with van der Waals surface area (Å²) in [5.41, 5.74) is 8.91. The largest absolute Gasteiger partial charge is 0.472 e. The Bertz CT molecular complexity index is 744. The predicted octanol–water partition coefficient (Wildman–Crippen LogP) is 2.62. The second kappa shape index (κ2) is 4.77. The molecule has 1 aromatic carbocycles. The van der Waals surface area contributed by atoms with Crippen molar-refractivity contribution < 1.29 is 9.21 Å². The van der Waals surface area contributed by atoms with Crippen molar-refractivity contribution in [3.8, 4) is 0 Å². The lowest BCUT2D eigenvalue weighted by Gasteiger charge is -2.15. The van der Waals surface area contributed by atoms with Crippen LogP contribution in [0.3, 0.4) is 0 Å². The van der Waals surface area contributed by atoms with Crippen molar-refractivity contribution in [1.82, 2.24) is 9.88 Å². The molecular formula is C15H15N3O2. The monoisotopic (exact) mass is 269 g/mol. The van der Waals surface area contributed by atoms with E-state index in [1.165, 1.54) is 0 Å². The maximum atomic E-state index is 12.5. The first-order valence-corrected chi connectivity index (χ1v) is 6.28. The maximum absolute atomic E-state index is 12.5. The fourth-order valence-electron chi connectivity index (χ4n) is 2.25. The molecule has 20 heavy (non-hydrogen) atoms. The second-order valence-electron chi connectivity index (χ2n) is 4.80. The minimum atomic E-state index is -0.0527. The maximum Gasteiger partial charge on any atom is 0.256 e. The molecule has 0 bridgehead atoms. The molecule has 5 nitrogen and oxygen atoms in total. The van der Waals surface area contributed by atoms with Crippen molar-refractivity contribution in [2.45, 2.75) is 6.54 Å². The number of furan rings is 1. The molecule has 0 radical (unpaired) electrons. The number of aromatic nitrogens is 1. The molecule has 0 fully saturated rings. The van der Waals surface area contributed by atoms with E-state index in [-0.39, 0.29) is 5.91 Å². The number of nitrogens with one attached hydrogen (secondary N) is 1. The van der Waals surface area contributed by atoms with E-state index < -0.39 is 0 Å². The number of fused-ring (bicyclic) bond motifs is 1. The van der Waals surface area contributed by atoms with E-state index >= 15 is 0 Å². The summed E-state index contributed by atoms with van der Waals surface area (Å²) in [5, 5.41) is 0.842. The van der Waals surface area contributed by atoms with Crippen molar-refractivity contribution in [3.05, 3.63) is 54.1 Å². The number of H-pyrrole nitrogens is 1. The van der Waals surface area contributed by atoms with Gasteiger partial charge < -0.3 is 20.0 Å². The average Bonchev–Trinajstić information content (AvgIpc) is 3.06. The molecule has 0 aliphatic rings. The van der Waals surface area contributed by atoms with E-state index in [1.807, 2.05) is 24.3 Å². The Morgan fingerprint density at radius 2 is 2.25 bits per heavy atom. The number of aromatic amines is 1. The van der Waals surface area contributed by atoms with Crippen LogP contribution < -0.4 is 5.73 Å². The SMILES string of the molecule is CN(Cc1ccoc1)C(=O)c1c[nH]c2ccc(N)cc12. The van der Waals surface area contributed by atoms with E-state index in [9.17, 15) is 4.79 Å². The minimum Gasteiger partial charge on any atom is -0.472 e. The fourth-order valence-corrected chi connectivity index (χ4v) is 2.25. The molecule has 2 aromatic heterocycles. The molecule has 3 N–H and O–H groups in total. The van der Waals surface area contributed by atoms with Crippen LogP contribution in [-0.2, 0) is 6.54 Å². The van der Waals surface area contributed by atoms with Crippen LogP contribution >= 0.6 is 0 Å². The minimum absolute atomic E-state index is 0.0527. The molecule has 5 heteroatoms. The lowest BCUT2D eigenvalue weighted by Crippen LogP contribution is -2.25. The molecule has 0 saturated heterocycles. The Kier molecular flexibility index (Phi) is 2.95. The number of carbonyl (C=O) groups is 1. The zero-order chi connectivity index (χ0) is 14.1. The lowest BCUT2D eigenvalue weighted by molar-refractivity contribution is 0.0787. The number of hydrogen-bond acceptors (Lipinski definition) is 3. The standard InChI is InChI=1S/C15H15N3O2/c1-18(8-10-4-5-20-9-10)15(19)13-7-17-14-3-2-11(16)6-12(13)14/h2-7,9,17H,8,16H2,1H3. The molecule has 0 unspecified atom stereocenters. The van der Waals surface area contributed by atoms with Crippen LogP contribution in [-0.4, -0.2) is 22.8 Å². The quantitative estimate of drug-likeness (QED) is 0.718.